The highest BCUT2D eigenvalue weighted by Gasteiger charge is 2.17. The molecule has 0 aromatic carbocycles. The van der Waals surface area contributed by atoms with Crippen LogP contribution in [-0.2, 0) is 23.8 Å². The van der Waals surface area contributed by atoms with Crippen LogP contribution in [0.5, 0.6) is 0 Å². The molecule has 0 N–H and O–H groups in total. The van der Waals surface area contributed by atoms with Gasteiger partial charge in [-0.2, -0.15) is 0 Å². The first-order chi connectivity index (χ1) is 25.6. The Labute approximate surface area is 323 Å². The van der Waals surface area contributed by atoms with Crippen molar-refractivity contribution >= 4 is 11.9 Å². The summed E-state index contributed by atoms with van der Waals surface area (Å²) in [5.74, 6) is -0.413. The van der Waals surface area contributed by atoms with Gasteiger partial charge in [-0.15, -0.1) is 0 Å². The van der Waals surface area contributed by atoms with Gasteiger partial charge in [0, 0.05) is 19.4 Å². The third-order valence-corrected chi connectivity index (χ3v) is 9.65. The minimum atomic E-state index is -0.532. The van der Waals surface area contributed by atoms with Crippen molar-refractivity contribution in [3.05, 3.63) is 36.5 Å². The van der Waals surface area contributed by atoms with Gasteiger partial charge in [0.25, 0.3) is 0 Å². The number of ether oxygens (including phenoxy) is 3. The Morgan fingerprint density at radius 2 is 0.827 bits per heavy atom. The van der Waals surface area contributed by atoms with Crippen molar-refractivity contribution < 1.29 is 23.8 Å². The minimum absolute atomic E-state index is 0.0826. The summed E-state index contributed by atoms with van der Waals surface area (Å²) in [7, 11) is 0. The first kappa shape index (κ1) is 50.1. The molecular weight excluding hydrogens is 645 g/mol. The highest BCUT2D eigenvalue weighted by molar-refractivity contribution is 5.70. The zero-order chi connectivity index (χ0) is 37.8. The molecule has 0 saturated carbocycles. The highest BCUT2D eigenvalue weighted by atomic mass is 16.6. The van der Waals surface area contributed by atoms with Gasteiger partial charge < -0.3 is 14.2 Å². The van der Waals surface area contributed by atoms with Crippen molar-refractivity contribution in [2.24, 2.45) is 0 Å². The Hall–Kier alpha value is -1.88. The van der Waals surface area contributed by atoms with Crippen LogP contribution in [0.15, 0.2) is 36.5 Å². The molecule has 1 unspecified atom stereocenters. The summed E-state index contributed by atoms with van der Waals surface area (Å²) in [6.45, 7) is 7.69. The first-order valence-electron chi connectivity index (χ1n) is 22.5. The maximum absolute atomic E-state index is 12.5. The van der Waals surface area contributed by atoms with Crippen LogP contribution >= 0.6 is 0 Å². The van der Waals surface area contributed by atoms with E-state index in [4.69, 9.17) is 14.2 Å². The Morgan fingerprint density at radius 3 is 1.38 bits per heavy atom. The SMILES string of the molecule is CCCC/C=C\CCCCCCCCOCC(COC(=O)CCCCCCCCCCC/C=C\C/C=C\CCCCC)OC(=O)CCCCCCC. The van der Waals surface area contributed by atoms with Crippen LogP contribution < -0.4 is 0 Å². The summed E-state index contributed by atoms with van der Waals surface area (Å²) >= 11 is 0. The van der Waals surface area contributed by atoms with Crippen molar-refractivity contribution in [1.29, 1.82) is 0 Å². The molecule has 1 atom stereocenters. The predicted molar refractivity (Wildman–Crippen MR) is 224 cm³/mol. The van der Waals surface area contributed by atoms with E-state index in [0.29, 0.717) is 19.4 Å². The van der Waals surface area contributed by atoms with E-state index in [1.54, 1.807) is 0 Å². The van der Waals surface area contributed by atoms with Gasteiger partial charge in [-0.25, -0.2) is 0 Å². The molecule has 0 spiro atoms. The van der Waals surface area contributed by atoms with Crippen molar-refractivity contribution in [3.8, 4) is 0 Å². The van der Waals surface area contributed by atoms with E-state index >= 15 is 0 Å². The van der Waals surface area contributed by atoms with Crippen LogP contribution in [0.1, 0.15) is 226 Å². The van der Waals surface area contributed by atoms with Gasteiger partial charge in [-0.3, -0.25) is 9.59 Å². The molecule has 0 aromatic heterocycles. The summed E-state index contributed by atoms with van der Waals surface area (Å²) in [6.07, 6.45) is 50.2. The Balaban J connectivity index is 4.02. The van der Waals surface area contributed by atoms with Gasteiger partial charge >= 0.3 is 11.9 Å². The smallest absolute Gasteiger partial charge is 0.306 e. The maximum atomic E-state index is 12.5. The summed E-state index contributed by atoms with van der Waals surface area (Å²) < 4.78 is 17.2. The number of esters is 2. The average Bonchev–Trinajstić information content (AvgIpc) is 3.14. The number of allylic oxidation sites excluding steroid dienone is 6. The van der Waals surface area contributed by atoms with Gasteiger partial charge in [0.15, 0.2) is 6.10 Å². The van der Waals surface area contributed by atoms with Crippen molar-refractivity contribution in [2.75, 3.05) is 19.8 Å². The lowest BCUT2D eigenvalue weighted by atomic mass is 10.1. The van der Waals surface area contributed by atoms with Gasteiger partial charge in [0.05, 0.1) is 6.61 Å². The van der Waals surface area contributed by atoms with Gasteiger partial charge in [-0.1, -0.05) is 179 Å². The van der Waals surface area contributed by atoms with Gasteiger partial charge in [0.2, 0.25) is 0 Å². The van der Waals surface area contributed by atoms with E-state index < -0.39 is 6.10 Å². The van der Waals surface area contributed by atoms with Crippen LogP contribution in [0.4, 0.5) is 0 Å². The lowest BCUT2D eigenvalue weighted by molar-refractivity contribution is -0.163. The molecule has 0 radical (unpaired) electrons. The van der Waals surface area contributed by atoms with Crippen LogP contribution in [-0.4, -0.2) is 37.9 Å². The second-order valence-corrected chi connectivity index (χ2v) is 15.0. The second-order valence-electron chi connectivity index (χ2n) is 15.0. The fourth-order valence-corrected chi connectivity index (χ4v) is 6.23. The average molecular weight is 731 g/mol. The Bertz CT molecular complexity index is 832. The molecule has 0 bridgehead atoms. The van der Waals surface area contributed by atoms with Crippen LogP contribution in [0.3, 0.4) is 0 Å². The molecule has 0 fully saturated rings. The largest absolute Gasteiger partial charge is 0.462 e. The summed E-state index contributed by atoms with van der Waals surface area (Å²) in [6, 6.07) is 0. The fraction of sp³-hybridized carbons (Fsp3) is 0.830. The zero-order valence-electron chi connectivity index (χ0n) is 34.8. The second kappa shape index (κ2) is 43.5. The predicted octanol–water partition coefficient (Wildman–Crippen LogP) is 14.7. The third-order valence-electron chi connectivity index (χ3n) is 9.65. The quantitative estimate of drug-likeness (QED) is 0.0356. The number of unbranched alkanes of at least 4 members (excludes halogenated alkanes) is 24. The number of rotatable bonds is 41. The van der Waals surface area contributed by atoms with Crippen LogP contribution in [0.25, 0.3) is 0 Å². The number of carbonyl (C=O) groups is 2. The Kier molecular flexibility index (Phi) is 42.0. The molecule has 0 saturated heterocycles. The minimum Gasteiger partial charge on any atom is -0.462 e. The summed E-state index contributed by atoms with van der Waals surface area (Å²) in [5.41, 5.74) is 0. The van der Waals surface area contributed by atoms with Crippen LogP contribution in [0, 0.1) is 0 Å². The lowest BCUT2D eigenvalue weighted by Gasteiger charge is -2.18. The number of carbonyl (C=O) groups excluding carboxylic acids is 2. The molecule has 0 amide bonds. The van der Waals surface area contributed by atoms with Crippen molar-refractivity contribution in [1.82, 2.24) is 0 Å². The zero-order valence-corrected chi connectivity index (χ0v) is 34.8. The molecule has 5 nitrogen and oxygen atoms in total. The number of hydrogen-bond acceptors (Lipinski definition) is 5. The van der Waals surface area contributed by atoms with E-state index in [-0.39, 0.29) is 25.2 Å². The van der Waals surface area contributed by atoms with E-state index in [9.17, 15) is 9.59 Å². The van der Waals surface area contributed by atoms with E-state index in [2.05, 4.69) is 57.2 Å². The summed E-state index contributed by atoms with van der Waals surface area (Å²) in [5, 5.41) is 0. The van der Waals surface area contributed by atoms with Crippen LogP contribution in [0.2, 0.25) is 0 Å². The topological polar surface area (TPSA) is 61.8 Å². The van der Waals surface area contributed by atoms with E-state index in [1.165, 1.54) is 141 Å². The molecule has 0 aliphatic rings. The molecule has 0 aliphatic heterocycles. The fourth-order valence-electron chi connectivity index (χ4n) is 6.23. The third kappa shape index (κ3) is 40.9. The highest BCUT2D eigenvalue weighted by Crippen LogP contribution is 2.13. The number of hydrogen-bond donors (Lipinski definition) is 0. The Morgan fingerprint density at radius 1 is 0.423 bits per heavy atom. The lowest BCUT2D eigenvalue weighted by Crippen LogP contribution is -2.30. The van der Waals surface area contributed by atoms with Gasteiger partial charge in [-0.05, 0) is 70.6 Å². The molecule has 0 rings (SSSR count). The van der Waals surface area contributed by atoms with Crippen molar-refractivity contribution in [3.63, 3.8) is 0 Å². The molecule has 304 valence electrons. The molecule has 0 heterocycles. The summed E-state index contributed by atoms with van der Waals surface area (Å²) in [4.78, 5) is 25.0. The first-order valence-corrected chi connectivity index (χ1v) is 22.5. The monoisotopic (exact) mass is 731 g/mol. The van der Waals surface area contributed by atoms with Crippen molar-refractivity contribution in [2.45, 2.75) is 232 Å². The molecule has 52 heavy (non-hydrogen) atoms. The van der Waals surface area contributed by atoms with Gasteiger partial charge in [0.1, 0.15) is 6.61 Å². The normalized spacial score (nSPS) is 12.4. The van der Waals surface area contributed by atoms with E-state index in [1.807, 2.05) is 0 Å². The van der Waals surface area contributed by atoms with E-state index in [0.717, 1.165) is 51.4 Å². The maximum Gasteiger partial charge on any atom is 0.306 e. The molecule has 0 aromatic rings. The molecule has 0 aliphatic carbocycles. The molecule has 5 heteroatoms. The molecular formula is C47H86O5. The standard InChI is InChI=1S/C47H86O5/c1-4-7-10-13-15-17-19-21-22-23-24-25-26-27-28-30-32-35-37-40-46(48)51-44-45(52-47(49)41-38-34-12-9-6-3)43-50-42-39-36-33-31-29-20-18-16-14-11-8-5-2/h14-17,21-22,45H,4-13,18-20,23-44H2,1-3H3/b16-14-,17-15-,22-21-.